The molecule has 1 fully saturated rings. The molecule has 1 aliphatic heterocycles. The topological polar surface area (TPSA) is 49.4 Å². The number of imide groups is 1. The summed E-state index contributed by atoms with van der Waals surface area (Å²) in [4.78, 5) is 24.7. The summed E-state index contributed by atoms with van der Waals surface area (Å²) in [6.45, 7) is 4.25. The maximum atomic E-state index is 12.5. The van der Waals surface area contributed by atoms with E-state index < -0.39 is 5.92 Å². The summed E-state index contributed by atoms with van der Waals surface area (Å²) in [5.41, 5.74) is 5.78. The first-order valence-corrected chi connectivity index (χ1v) is 7.84. The van der Waals surface area contributed by atoms with Crippen molar-refractivity contribution in [1.82, 2.24) is 5.01 Å². The average Bonchev–Trinajstić information content (AvgIpc) is 2.84. The Bertz CT molecular complexity index is 708. The third kappa shape index (κ3) is 3.11. The molecule has 3 rings (SSSR count). The summed E-state index contributed by atoms with van der Waals surface area (Å²) >= 11 is 0. The summed E-state index contributed by atoms with van der Waals surface area (Å²) in [5.74, 6) is -0.348. The van der Waals surface area contributed by atoms with Gasteiger partial charge in [0.15, 0.2) is 0 Å². The SMILES string of the molecule is CC(C)c1ccc(NN2C(=O)C[C@H](c3ccccc3)C2=O)cc1. The van der Waals surface area contributed by atoms with Gasteiger partial charge in [-0.05, 0) is 29.2 Å². The maximum Gasteiger partial charge on any atom is 0.256 e. The van der Waals surface area contributed by atoms with Crippen molar-refractivity contribution in [3.8, 4) is 0 Å². The predicted molar refractivity (Wildman–Crippen MR) is 89.8 cm³/mol. The van der Waals surface area contributed by atoms with Gasteiger partial charge in [-0.1, -0.05) is 56.3 Å². The van der Waals surface area contributed by atoms with Crippen LogP contribution >= 0.6 is 0 Å². The molecule has 4 heteroatoms. The number of benzene rings is 2. The summed E-state index contributed by atoms with van der Waals surface area (Å²) in [6, 6.07) is 17.2. The summed E-state index contributed by atoms with van der Waals surface area (Å²) in [6.07, 6.45) is 0.208. The number of nitrogens with zero attached hydrogens (tertiary/aromatic N) is 1. The molecule has 23 heavy (non-hydrogen) atoms. The van der Waals surface area contributed by atoms with E-state index in [2.05, 4.69) is 19.3 Å². The standard InChI is InChI=1S/C19H20N2O2/c1-13(2)14-8-10-16(11-9-14)20-21-18(22)12-17(19(21)23)15-6-4-3-5-7-15/h3-11,13,17,20H,12H2,1-2H3/t17-/m1/s1. The largest absolute Gasteiger partial charge is 0.289 e. The van der Waals surface area contributed by atoms with Crippen LogP contribution < -0.4 is 5.43 Å². The fourth-order valence-electron chi connectivity index (χ4n) is 2.77. The van der Waals surface area contributed by atoms with Crippen LogP contribution in [0.1, 0.15) is 43.2 Å². The Kier molecular flexibility index (Phi) is 4.15. The van der Waals surface area contributed by atoms with Crippen molar-refractivity contribution in [3.05, 3.63) is 65.7 Å². The van der Waals surface area contributed by atoms with E-state index in [1.165, 1.54) is 5.56 Å². The number of carbonyl (C=O) groups excluding carboxylic acids is 2. The number of nitrogens with one attached hydrogen (secondary N) is 1. The minimum atomic E-state index is -0.397. The molecule has 1 N–H and O–H groups in total. The highest BCUT2D eigenvalue weighted by atomic mass is 16.2. The monoisotopic (exact) mass is 308 g/mol. The molecular formula is C19H20N2O2. The molecule has 4 nitrogen and oxygen atoms in total. The van der Waals surface area contributed by atoms with E-state index in [1.54, 1.807) is 0 Å². The zero-order chi connectivity index (χ0) is 16.4. The van der Waals surface area contributed by atoms with E-state index in [9.17, 15) is 9.59 Å². The molecule has 0 aromatic heterocycles. The lowest BCUT2D eigenvalue weighted by Gasteiger charge is -2.18. The molecule has 0 radical (unpaired) electrons. The Hall–Kier alpha value is -2.62. The third-order valence-corrected chi connectivity index (χ3v) is 4.17. The van der Waals surface area contributed by atoms with Gasteiger partial charge in [-0.2, -0.15) is 5.01 Å². The van der Waals surface area contributed by atoms with Crippen LogP contribution in [-0.2, 0) is 9.59 Å². The molecule has 2 aromatic rings. The predicted octanol–water partition coefficient (Wildman–Crippen LogP) is 3.68. The number of amides is 2. The highest BCUT2D eigenvalue weighted by molar-refractivity contribution is 6.07. The maximum absolute atomic E-state index is 12.5. The van der Waals surface area contributed by atoms with Crippen molar-refractivity contribution in [2.75, 3.05) is 5.43 Å². The number of hydrogen-bond acceptors (Lipinski definition) is 3. The first kappa shape index (κ1) is 15.3. The number of rotatable bonds is 4. The zero-order valence-electron chi connectivity index (χ0n) is 13.3. The number of carbonyl (C=O) groups is 2. The Morgan fingerprint density at radius 2 is 1.65 bits per heavy atom. The average molecular weight is 308 g/mol. The lowest BCUT2D eigenvalue weighted by atomic mass is 9.98. The molecule has 2 amide bonds. The van der Waals surface area contributed by atoms with Crippen molar-refractivity contribution in [3.63, 3.8) is 0 Å². The first-order chi connectivity index (χ1) is 11.1. The number of hydrazine groups is 1. The van der Waals surface area contributed by atoms with Crippen LogP contribution in [-0.4, -0.2) is 16.8 Å². The Morgan fingerprint density at radius 3 is 2.26 bits per heavy atom. The minimum absolute atomic E-state index is 0.197. The van der Waals surface area contributed by atoms with Crippen LogP contribution in [0, 0.1) is 0 Å². The quantitative estimate of drug-likeness (QED) is 0.877. The van der Waals surface area contributed by atoms with Crippen molar-refractivity contribution in [2.45, 2.75) is 32.1 Å². The molecule has 1 saturated heterocycles. The van der Waals surface area contributed by atoms with Crippen molar-refractivity contribution in [1.29, 1.82) is 0 Å². The number of anilines is 1. The lowest BCUT2D eigenvalue weighted by molar-refractivity contribution is -0.137. The van der Waals surface area contributed by atoms with Gasteiger partial charge in [-0.15, -0.1) is 0 Å². The van der Waals surface area contributed by atoms with E-state index in [0.717, 1.165) is 16.3 Å². The summed E-state index contributed by atoms with van der Waals surface area (Å²) in [5, 5.41) is 1.14. The van der Waals surface area contributed by atoms with Gasteiger partial charge in [0.05, 0.1) is 11.6 Å². The smallest absolute Gasteiger partial charge is 0.256 e. The zero-order valence-corrected chi connectivity index (χ0v) is 13.3. The lowest BCUT2D eigenvalue weighted by Crippen LogP contribution is -2.35. The fourth-order valence-corrected chi connectivity index (χ4v) is 2.77. The summed E-state index contributed by atoms with van der Waals surface area (Å²) < 4.78 is 0. The molecule has 1 atom stereocenters. The fraction of sp³-hybridized carbons (Fsp3) is 0.263. The Morgan fingerprint density at radius 1 is 1.00 bits per heavy atom. The molecule has 1 heterocycles. The second-order valence-corrected chi connectivity index (χ2v) is 6.12. The first-order valence-electron chi connectivity index (χ1n) is 7.84. The van der Waals surface area contributed by atoms with E-state index in [-0.39, 0.29) is 18.2 Å². The van der Waals surface area contributed by atoms with Crippen LogP contribution in [0.15, 0.2) is 54.6 Å². The van der Waals surface area contributed by atoms with Gasteiger partial charge in [-0.3, -0.25) is 15.0 Å². The second kappa shape index (κ2) is 6.24. The highest BCUT2D eigenvalue weighted by Gasteiger charge is 2.39. The highest BCUT2D eigenvalue weighted by Crippen LogP contribution is 2.30. The van der Waals surface area contributed by atoms with Crippen molar-refractivity contribution >= 4 is 17.5 Å². The van der Waals surface area contributed by atoms with Crippen LogP contribution in [0.3, 0.4) is 0 Å². The van der Waals surface area contributed by atoms with Crippen LogP contribution in [0.4, 0.5) is 5.69 Å². The van der Waals surface area contributed by atoms with E-state index in [1.807, 2.05) is 54.6 Å². The van der Waals surface area contributed by atoms with Gasteiger partial charge in [-0.25, -0.2) is 0 Å². The van der Waals surface area contributed by atoms with Gasteiger partial charge < -0.3 is 0 Å². The van der Waals surface area contributed by atoms with Crippen molar-refractivity contribution < 1.29 is 9.59 Å². The molecule has 1 aliphatic rings. The molecule has 0 bridgehead atoms. The molecule has 0 spiro atoms. The van der Waals surface area contributed by atoms with E-state index >= 15 is 0 Å². The molecular weight excluding hydrogens is 288 g/mol. The minimum Gasteiger partial charge on any atom is -0.289 e. The molecule has 0 saturated carbocycles. The normalized spacial score (nSPS) is 17.9. The van der Waals surface area contributed by atoms with Crippen LogP contribution in [0.25, 0.3) is 0 Å². The molecule has 2 aromatic carbocycles. The molecule has 118 valence electrons. The van der Waals surface area contributed by atoms with Gasteiger partial charge in [0.2, 0.25) is 5.91 Å². The van der Waals surface area contributed by atoms with Gasteiger partial charge in [0, 0.05) is 6.42 Å². The molecule has 0 unspecified atom stereocenters. The van der Waals surface area contributed by atoms with Crippen molar-refractivity contribution in [2.24, 2.45) is 0 Å². The van der Waals surface area contributed by atoms with E-state index in [0.29, 0.717) is 5.92 Å². The Balaban J connectivity index is 1.75. The molecule has 0 aliphatic carbocycles. The Labute approximate surface area is 136 Å². The van der Waals surface area contributed by atoms with Crippen LogP contribution in [0.2, 0.25) is 0 Å². The summed E-state index contributed by atoms with van der Waals surface area (Å²) in [7, 11) is 0. The van der Waals surface area contributed by atoms with Gasteiger partial charge in [0.25, 0.3) is 5.91 Å². The van der Waals surface area contributed by atoms with E-state index in [4.69, 9.17) is 0 Å². The van der Waals surface area contributed by atoms with Gasteiger partial charge in [0.1, 0.15) is 0 Å². The van der Waals surface area contributed by atoms with Gasteiger partial charge >= 0.3 is 0 Å². The third-order valence-electron chi connectivity index (χ3n) is 4.17. The second-order valence-electron chi connectivity index (χ2n) is 6.12. The number of hydrogen-bond donors (Lipinski definition) is 1. The van der Waals surface area contributed by atoms with Crippen LogP contribution in [0.5, 0.6) is 0 Å².